The summed E-state index contributed by atoms with van der Waals surface area (Å²) in [5.74, 6) is 1.28. The van der Waals surface area contributed by atoms with Crippen molar-refractivity contribution in [2.75, 3.05) is 26.7 Å². The lowest BCUT2D eigenvalue weighted by molar-refractivity contribution is 0.214. The zero-order valence-corrected chi connectivity index (χ0v) is 13.6. The summed E-state index contributed by atoms with van der Waals surface area (Å²) in [7, 11) is 2.18. The molecule has 2 atom stereocenters. The van der Waals surface area contributed by atoms with Crippen molar-refractivity contribution in [2.24, 2.45) is 16.6 Å². The van der Waals surface area contributed by atoms with Gasteiger partial charge in [0.05, 0.1) is 0 Å². The van der Waals surface area contributed by atoms with Gasteiger partial charge in [-0.15, -0.1) is 24.0 Å². The Labute approximate surface area is 122 Å². The second-order valence-electron chi connectivity index (χ2n) is 4.95. The second kappa shape index (κ2) is 8.97. The van der Waals surface area contributed by atoms with Crippen LogP contribution in [0.25, 0.3) is 0 Å². The number of rotatable bonds is 4. The Morgan fingerprint density at radius 3 is 2.88 bits per heavy atom. The molecule has 4 nitrogen and oxygen atoms in total. The van der Waals surface area contributed by atoms with Crippen molar-refractivity contribution in [3.05, 3.63) is 0 Å². The Balaban J connectivity index is 0.00000256. The molecular formula is C12H27IN4. The van der Waals surface area contributed by atoms with Crippen LogP contribution in [0.3, 0.4) is 0 Å². The fraction of sp³-hybridized carbons (Fsp3) is 0.917. The van der Waals surface area contributed by atoms with Gasteiger partial charge in [-0.1, -0.05) is 6.92 Å². The minimum absolute atomic E-state index is 0. The smallest absolute Gasteiger partial charge is 0.188 e. The topological polar surface area (TPSA) is 53.6 Å². The van der Waals surface area contributed by atoms with Gasteiger partial charge in [0.2, 0.25) is 0 Å². The molecule has 0 saturated carbocycles. The van der Waals surface area contributed by atoms with E-state index in [2.05, 4.69) is 36.1 Å². The molecule has 0 radical (unpaired) electrons. The van der Waals surface area contributed by atoms with Crippen LogP contribution in [-0.2, 0) is 0 Å². The summed E-state index contributed by atoms with van der Waals surface area (Å²) in [6.07, 6.45) is 3.64. The second-order valence-corrected chi connectivity index (χ2v) is 4.95. The Hall–Kier alpha value is -0.0400. The van der Waals surface area contributed by atoms with Crippen molar-refractivity contribution >= 4 is 29.9 Å². The summed E-state index contributed by atoms with van der Waals surface area (Å²) >= 11 is 0. The summed E-state index contributed by atoms with van der Waals surface area (Å²) < 4.78 is 0. The first-order valence-corrected chi connectivity index (χ1v) is 6.36. The highest BCUT2D eigenvalue weighted by atomic mass is 127. The van der Waals surface area contributed by atoms with Crippen LogP contribution in [0.4, 0.5) is 0 Å². The number of nitrogens with two attached hydrogens (primary N) is 1. The van der Waals surface area contributed by atoms with Gasteiger partial charge in [0, 0.05) is 19.1 Å². The Morgan fingerprint density at radius 1 is 1.59 bits per heavy atom. The van der Waals surface area contributed by atoms with E-state index in [-0.39, 0.29) is 24.0 Å². The zero-order valence-electron chi connectivity index (χ0n) is 11.3. The maximum absolute atomic E-state index is 5.83. The Bertz CT molecular complexity index is 233. The third-order valence-corrected chi connectivity index (χ3v) is 3.25. The van der Waals surface area contributed by atoms with Gasteiger partial charge in [-0.3, -0.25) is 4.99 Å². The van der Waals surface area contributed by atoms with Gasteiger partial charge in [-0.25, -0.2) is 0 Å². The predicted molar refractivity (Wildman–Crippen MR) is 85.0 cm³/mol. The molecule has 1 aliphatic rings. The van der Waals surface area contributed by atoms with E-state index < -0.39 is 0 Å². The molecule has 0 amide bonds. The first kappa shape index (κ1) is 17.0. The minimum atomic E-state index is 0. The van der Waals surface area contributed by atoms with E-state index in [1.54, 1.807) is 0 Å². The average molecular weight is 354 g/mol. The molecule has 3 N–H and O–H groups in total. The highest BCUT2D eigenvalue weighted by Crippen LogP contribution is 2.14. The highest BCUT2D eigenvalue weighted by Gasteiger charge is 2.16. The molecule has 1 heterocycles. The maximum Gasteiger partial charge on any atom is 0.188 e. The van der Waals surface area contributed by atoms with E-state index in [0.29, 0.717) is 17.9 Å². The summed E-state index contributed by atoms with van der Waals surface area (Å²) in [4.78, 5) is 6.80. The molecule has 0 aromatic rings. The zero-order chi connectivity index (χ0) is 12.0. The molecular weight excluding hydrogens is 327 g/mol. The first-order chi connectivity index (χ1) is 7.61. The average Bonchev–Trinajstić information content (AvgIpc) is 2.26. The van der Waals surface area contributed by atoms with Crippen molar-refractivity contribution in [3.63, 3.8) is 0 Å². The van der Waals surface area contributed by atoms with Crippen LogP contribution in [-0.4, -0.2) is 43.6 Å². The third-order valence-electron chi connectivity index (χ3n) is 3.25. The van der Waals surface area contributed by atoms with Gasteiger partial charge in [-0.05, 0) is 45.7 Å². The molecule has 1 aliphatic heterocycles. The highest BCUT2D eigenvalue weighted by molar-refractivity contribution is 14.0. The molecule has 0 aliphatic carbocycles. The van der Waals surface area contributed by atoms with Crippen LogP contribution in [0.2, 0.25) is 0 Å². The predicted octanol–water partition coefficient (Wildman–Crippen LogP) is 1.65. The lowest BCUT2D eigenvalue weighted by Gasteiger charge is -2.28. The van der Waals surface area contributed by atoms with E-state index in [1.165, 1.54) is 19.4 Å². The molecule has 0 aromatic carbocycles. The molecule has 0 aromatic heterocycles. The molecule has 5 heteroatoms. The fourth-order valence-electron chi connectivity index (χ4n) is 2.05. The third kappa shape index (κ3) is 7.08. The summed E-state index contributed by atoms with van der Waals surface area (Å²) in [5, 5.41) is 3.19. The van der Waals surface area contributed by atoms with Crippen molar-refractivity contribution in [2.45, 2.75) is 39.2 Å². The quantitative estimate of drug-likeness (QED) is 0.459. The normalized spacial score (nSPS) is 23.9. The van der Waals surface area contributed by atoms with Gasteiger partial charge < -0.3 is 16.0 Å². The van der Waals surface area contributed by atoms with Crippen LogP contribution in [0, 0.1) is 5.92 Å². The van der Waals surface area contributed by atoms with Gasteiger partial charge >= 0.3 is 0 Å². The lowest BCUT2D eigenvalue weighted by Crippen LogP contribution is -2.39. The molecule has 1 saturated heterocycles. The Morgan fingerprint density at radius 2 is 2.29 bits per heavy atom. The summed E-state index contributed by atoms with van der Waals surface area (Å²) in [6.45, 7) is 7.50. The minimum Gasteiger partial charge on any atom is -0.370 e. The fourth-order valence-corrected chi connectivity index (χ4v) is 2.05. The summed E-state index contributed by atoms with van der Waals surface area (Å²) in [5.41, 5.74) is 5.83. The number of nitrogens with zero attached hydrogens (tertiary/aromatic N) is 2. The van der Waals surface area contributed by atoms with Crippen LogP contribution in [0.1, 0.15) is 33.1 Å². The van der Waals surface area contributed by atoms with E-state index in [4.69, 9.17) is 5.73 Å². The monoisotopic (exact) mass is 354 g/mol. The molecule has 0 spiro atoms. The van der Waals surface area contributed by atoms with E-state index >= 15 is 0 Å². The van der Waals surface area contributed by atoms with Crippen LogP contribution in [0.15, 0.2) is 4.99 Å². The van der Waals surface area contributed by atoms with Crippen molar-refractivity contribution in [3.8, 4) is 0 Å². The molecule has 17 heavy (non-hydrogen) atoms. The number of piperidine rings is 1. The number of hydrogen-bond donors (Lipinski definition) is 2. The van der Waals surface area contributed by atoms with Crippen LogP contribution >= 0.6 is 24.0 Å². The van der Waals surface area contributed by atoms with Crippen molar-refractivity contribution in [1.29, 1.82) is 0 Å². The van der Waals surface area contributed by atoms with Gasteiger partial charge in [-0.2, -0.15) is 0 Å². The van der Waals surface area contributed by atoms with Gasteiger partial charge in [0.1, 0.15) is 0 Å². The molecule has 0 bridgehead atoms. The molecule has 1 fully saturated rings. The number of nitrogens with one attached hydrogen (secondary N) is 1. The van der Waals surface area contributed by atoms with E-state index in [9.17, 15) is 0 Å². The lowest BCUT2D eigenvalue weighted by atomic mass is 9.99. The number of aliphatic imine (C=N–C) groups is 1. The molecule has 1 rings (SSSR count). The molecule has 102 valence electrons. The van der Waals surface area contributed by atoms with Gasteiger partial charge in [0.15, 0.2) is 5.96 Å². The number of likely N-dealkylation sites (tertiary alicyclic amines) is 1. The Kier molecular flexibility index (Phi) is 8.94. The van der Waals surface area contributed by atoms with Gasteiger partial charge in [0.25, 0.3) is 0 Å². The van der Waals surface area contributed by atoms with Crippen LogP contribution in [0.5, 0.6) is 0 Å². The van der Waals surface area contributed by atoms with Crippen molar-refractivity contribution in [1.82, 2.24) is 10.2 Å². The largest absolute Gasteiger partial charge is 0.370 e. The van der Waals surface area contributed by atoms with Crippen LogP contribution < -0.4 is 11.1 Å². The number of guanidine groups is 1. The molecule has 2 unspecified atom stereocenters. The van der Waals surface area contributed by atoms with E-state index in [0.717, 1.165) is 19.5 Å². The maximum atomic E-state index is 5.83. The standard InChI is InChI=1S/C12H26N4.HI/c1-4-10(2)15-12(13)14-8-11-6-5-7-16(3)9-11;/h10-11H,4-9H2,1-3H3,(H3,13,14,15);1H. The SMILES string of the molecule is CCC(C)NC(N)=NCC1CCCN(C)C1.I. The summed E-state index contributed by atoms with van der Waals surface area (Å²) in [6, 6.07) is 0.415. The van der Waals surface area contributed by atoms with E-state index in [1.807, 2.05) is 0 Å². The van der Waals surface area contributed by atoms with Crippen molar-refractivity contribution < 1.29 is 0 Å². The first-order valence-electron chi connectivity index (χ1n) is 6.36. The number of halogens is 1. The number of hydrogen-bond acceptors (Lipinski definition) is 2.